The number of nitrogens with zero attached hydrogens (tertiary/aromatic N) is 2. The quantitative estimate of drug-likeness (QED) is 0.778. The van der Waals surface area contributed by atoms with Crippen LogP contribution in [0.4, 0.5) is 5.82 Å². The predicted octanol–water partition coefficient (Wildman–Crippen LogP) is 2.38. The van der Waals surface area contributed by atoms with Gasteiger partial charge in [0.1, 0.15) is 5.82 Å². The molecule has 2 rings (SSSR count). The third-order valence-electron chi connectivity index (χ3n) is 1.77. The molecule has 1 aromatic heterocycles. The number of anilines is 1. The van der Waals surface area contributed by atoms with Gasteiger partial charge in [-0.1, -0.05) is 23.7 Å². The molecule has 0 fully saturated rings. The van der Waals surface area contributed by atoms with Crippen molar-refractivity contribution in [2.24, 2.45) is 0 Å². The summed E-state index contributed by atoms with van der Waals surface area (Å²) in [6.07, 6.45) is 3.16. The van der Waals surface area contributed by atoms with Gasteiger partial charge in [0.2, 0.25) is 0 Å². The number of benzene rings is 1. The Kier molecular flexibility index (Phi) is 2.33. The molecule has 70 valence electrons. The van der Waals surface area contributed by atoms with Crippen LogP contribution in [0, 0.1) is 0 Å². The Hall–Kier alpha value is -1.61. The van der Waals surface area contributed by atoms with Gasteiger partial charge in [-0.2, -0.15) is 0 Å². The number of nitrogens with two attached hydrogens (primary N) is 1. The van der Waals surface area contributed by atoms with Crippen LogP contribution in [0.3, 0.4) is 0 Å². The summed E-state index contributed by atoms with van der Waals surface area (Å²) < 4.78 is 0. The summed E-state index contributed by atoms with van der Waals surface area (Å²) >= 11 is 5.86. The number of nitrogen functional groups attached to an aromatic ring is 1. The van der Waals surface area contributed by atoms with Gasteiger partial charge in [-0.05, 0) is 12.1 Å². The highest BCUT2D eigenvalue weighted by Crippen LogP contribution is 2.20. The molecular weight excluding hydrogens is 198 g/mol. The molecule has 0 amide bonds. The first-order chi connectivity index (χ1) is 6.75. The summed E-state index contributed by atoms with van der Waals surface area (Å²) in [7, 11) is 0. The lowest BCUT2D eigenvalue weighted by Crippen LogP contribution is -1.93. The van der Waals surface area contributed by atoms with E-state index < -0.39 is 0 Å². The highest BCUT2D eigenvalue weighted by molar-refractivity contribution is 6.30. The van der Waals surface area contributed by atoms with E-state index in [1.807, 2.05) is 24.3 Å². The lowest BCUT2D eigenvalue weighted by molar-refractivity contribution is 1.22. The summed E-state index contributed by atoms with van der Waals surface area (Å²) in [4.78, 5) is 8.10. The van der Waals surface area contributed by atoms with Crippen LogP contribution in [0.1, 0.15) is 0 Å². The van der Waals surface area contributed by atoms with Crippen LogP contribution in [0.15, 0.2) is 36.7 Å². The highest BCUT2D eigenvalue weighted by atomic mass is 35.5. The van der Waals surface area contributed by atoms with Crippen molar-refractivity contribution in [1.82, 2.24) is 9.97 Å². The lowest BCUT2D eigenvalue weighted by atomic mass is 10.2. The van der Waals surface area contributed by atoms with E-state index in [2.05, 4.69) is 9.97 Å². The lowest BCUT2D eigenvalue weighted by Gasteiger charge is -2.00. The van der Waals surface area contributed by atoms with Crippen LogP contribution < -0.4 is 5.73 Å². The van der Waals surface area contributed by atoms with E-state index in [0.29, 0.717) is 10.8 Å². The zero-order chi connectivity index (χ0) is 9.97. The predicted molar refractivity (Wildman–Crippen MR) is 56.9 cm³/mol. The van der Waals surface area contributed by atoms with E-state index in [4.69, 9.17) is 17.3 Å². The van der Waals surface area contributed by atoms with Gasteiger partial charge in [0.15, 0.2) is 0 Å². The fourth-order valence-corrected chi connectivity index (χ4v) is 1.36. The molecule has 0 aliphatic heterocycles. The molecule has 4 heteroatoms. The Labute approximate surface area is 86.6 Å². The second kappa shape index (κ2) is 3.64. The van der Waals surface area contributed by atoms with Crippen LogP contribution in [-0.2, 0) is 0 Å². The van der Waals surface area contributed by atoms with Gasteiger partial charge in [-0.3, -0.25) is 4.98 Å². The Balaban J connectivity index is 2.49. The van der Waals surface area contributed by atoms with Gasteiger partial charge in [0, 0.05) is 10.6 Å². The molecule has 2 aromatic rings. The van der Waals surface area contributed by atoms with Crippen LogP contribution in [0.5, 0.6) is 0 Å². The van der Waals surface area contributed by atoms with Crippen LogP contribution in [0.25, 0.3) is 11.3 Å². The summed E-state index contributed by atoms with van der Waals surface area (Å²) in [6, 6.07) is 7.41. The third kappa shape index (κ3) is 1.83. The Morgan fingerprint density at radius 2 is 2.07 bits per heavy atom. The fourth-order valence-electron chi connectivity index (χ4n) is 1.17. The molecule has 0 unspecified atom stereocenters. The number of halogens is 1. The Morgan fingerprint density at radius 1 is 1.21 bits per heavy atom. The molecule has 0 aliphatic rings. The zero-order valence-electron chi connectivity index (χ0n) is 7.31. The van der Waals surface area contributed by atoms with E-state index in [1.165, 1.54) is 6.20 Å². The fraction of sp³-hybridized carbons (Fsp3) is 0. The molecule has 0 atom stereocenters. The largest absolute Gasteiger partial charge is 0.382 e. The van der Waals surface area contributed by atoms with Gasteiger partial charge in [-0.25, -0.2) is 4.98 Å². The summed E-state index contributed by atoms with van der Waals surface area (Å²) in [5.74, 6) is 0.405. The maximum atomic E-state index is 5.86. The molecule has 3 nitrogen and oxygen atoms in total. The summed E-state index contributed by atoms with van der Waals surface area (Å²) in [6.45, 7) is 0. The van der Waals surface area contributed by atoms with Crippen molar-refractivity contribution in [2.45, 2.75) is 0 Å². The first-order valence-electron chi connectivity index (χ1n) is 4.09. The standard InChI is InChI=1S/C10H8ClN3/c11-8-3-1-2-7(4-8)9-5-13-6-10(12)14-9/h1-6H,(H2,12,14). The Morgan fingerprint density at radius 3 is 2.79 bits per heavy atom. The molecule has 0 spiro atoms. The highest BCUT2D eigenvalue weighted by Gasteiger charge is 2.00. The van der Waals surface area contributed by atoms with E-state index in [0.717, 1.165) is 11.3 Å². The van der Waals surface area contributed by atoms with Gasteiger partial charge in [0.05, 0.1) is 18.1 Å². The van der Waals surface area contributed by atoms with Crippen molar-refractivity contribution < 1.29 is 0 Å². The molecule has 1 aromatic carbocycles. The van der Waals surface area contributed by atoms with Gasteiger partial charge in [0.25, 0.3) is 0 Å². The van der Waals surface area contributed by atoms with Gasteiger partial charge in [-0.15, -0.1) is 0 Å². The summed E-state index contributed by atoms with van der Waals surface area (Å²) in [5, 5.41) is 0.673. The molecule has 0 saturated heterocycles. The molecule has 0 aliphatic carbocycles. The van der Waals surface area contributed by atoms with E-state index in [-0.39, 0.29) is 0 Å². The van der Waals surface area contributed by atoms with Crippen molar-refractivity contribution in [3.05, 3.63) is 41.7 Å². The minimum Gasteiger partial charge on any atom is -0.382 e. The maximum absolute atomic E-state index is 5.86. The number of hydrogen-bond donors (Lipinski definition) is 1. The molecule has 0 bridgehead atoms. The average Bonchev–Trinajstić information content (AvgIpc) is 2.18. The van der Waals surface area contributed by atoms with Crippen molar-refractivity contribution in [3.63, 3.8) is 0 Å². The van der Waals surface area contributed by atoms with Crippen molar-refractivity contribution in [1.29, 1.82) is 0 Å². The molecule has 14 heavy (non-hydrogen) atoms. The minimum atomic E-state index is 0.405. The van der Waals surface area contributed by atoms with Crippen LogP contribution >= 0.6 is 11.6 Å². The van der Waals surface area contributed by atoms with Crippen molar-refractivity contribution in [3.8, 4) is 11.3 Å². The first-order valence-corrected chi connectivity index (χ1v) is 4.47. The second-order valence-corrected chi connectivity index (χ2v) is 3.28. The monoisotopic (exact) mass is 205 g/mol. The summed E-state index contributed by atoms with van der Waals surface area (Å²) in [5.41, 5.74) is 7.17. The molecular formula is C10H8ClN3. The Bertz CT molecular complexity index is 413. The average molecular weight is 206 g/mol. The van der Waals surface area contributed by atoms with Crippen LogP contribution in [-0.4, -0.2) is 9.97 Å². The normalized spacial score (nSPS) is 10.1. The van der Waals surface area contributed by atoms with Gasteiger partial charge >= 0.3 is 0 Å². The van der Waals surface area contributed by atoms with Gasteiger partial charge < -0.3 is 5.73 Å². The SMILES string of the molecule is Nc1cncc(-c2cccc(Cl)c2)n1. The van der Waals surface area contributed by atoms with E-state index in [9.17, 15) is 0 Å². The number of aromatic nitrogens is 2. The first kappa shape index (κ1) is 8.97. The molecule has 0 saturated carbocycles. The number of hydrogen-bond acceptors (Lipinski definition) is 3. The topological polar surface area (TPSA) is 51.8 Å². The van der Waals surface area contributed by atoms with E-state index in [1.54, 1.807) is 6.20 Å². The third-order valence-corrected chi connectivity index (χ3v) is 2.01. The minimum absolute atomic E-state index is 0.405. The molecule has 0 radical (unpaired) electrons. The van der Waals surface area contributed by atoms with Crippen molar-refractivity contribution in [2.75, 3.05) is 5.73 Å². The maximum Gasteiger partial charge on any atom is 0.142 e. The molecule has 2 N–H and O–H groups in total. The van der Waals surface area contributed by atoms with E-state index >= 15 is 0 Å². The van der Waals surface area contributed by atoms with Crippen molar-refractivity contribution >= 4 is 17.4 Å². The smallest absolute Gasteiger partial charge is 0.142 e. The second-order valence-electron chi connectivity index (χ2n) is 2.84. The molecule has 1 heterocycles. The van der Waals surface area contributed by atoms with Crippen LogP contribution in [0.2, 0.25) is 5.02 Å². The number of rotatable bonds is 1. The zero-order valence-corrected chi connectivity index (χ0v) is 8.07.